The van der Waals surface area contributed by atoms with Crippen molar-refractivity contribution in [1.29, 1.82) is 0 Å². The number of benzene rings is 3. The summed E-state index contributed by atoms with van der Waals surface area (Å²) < 4.78 is 52.3. The van der Waals surface area contributed by atoms with Gasteiger partial charge in [-0.05, 0) is 72.4 Å². The fourth-order valence-electron chi connectivity index (χ4n) is 4.38. The second-order valence-corrected chi connectivity index (χ2v) is 10.8. The summed E-state index contributed by atoms with van der Waals surface area (Å²) in [4.78, 5) is 0. The van der Waals surface area contributed by atoms with E-state index in [1.165, 1.54) is 28.9 Å². The molecule has 0 radical (unpaired) electrons. The molecular formula is C27H25FN2O5S. The number of ether oxygens (including phenoxy) is 1. The van der Waals surface area contributed by atoms with E-state index in [1.807, 2.05) is 18.2 Å². The fourth-order valence-corrected chi connectivity index (χ4v) is 5.28. The molecule has 1 aliphatic carbocycles. The maximum Gasteiger partial charge on any atom is 0.232 e. The smallest absolute Gasteiger partial charge is 0.232 e. The third-order valence-electron chi connectivity index (χ3n) is 6.34. The van der Waals surface area contributed by atoms with Crippen LogP contribution in [-0.2, 0) is 16.6 Å². The van der Waals surface area contributed by atoms with Crippen molar-refractivity contribution >= 4 is 32.9 Å². The summed E-state index contributed by atoms with van der Waals surface area (Å²) in [7, 11) is -2.07. The minimum atomic E-state index is -3.65. The van der Waals surface area contributed by atoms with Crippen molar-refractivity contribution in [2.45, 2.75) is 25.3 Å². The Morgan fingerprint density at radius 2 is 1.83 bits per heavy atom. The molecule has 4 aromatic rings. The van der Waals surface area contributed by atoms with Crippen molar-refractivity contribution < 1.29 is 27.2 Å². The van der Waals surface area contributed by atoms with Crippen molar-refractivity contribution in [3.63, 3.8) is 0 Å². The van der Waals surface area contributed by atoms with E-state index in [0.29, 0.717) is 39.3 Å². The van der Waals surface area contributed by atoms with Gasteiger partial charge in [0.05, 0.1) is 37.4 Å². The van der Waals surface area contributed by atoms with Crippen molar-refractivity contribution in [2.24, 2.45) is 5.16 Å². The molecule has 1 N–H and O–H groups in total. The van der Waals surface area contributed by atoms with Gasteiger partial charge in [-0.25, -0.2) is 12.8 Å². The number of anilines is 1. The highest BCUT2D eigenvalue weighted by Crippen LogP contribution is 2.48. The summed E-state index contributed by atoms with van der Waals surface area (Å²) in [5, 5.41) is 13.2. The van der Waals surface area contributed by atoms with E-state index in [1.54, 1.807) is 37.4 Å². The molecule has 0 bridgehead atoms. The van der Waals surface area contributed by atoms with Gasteiger partial charge in [0, 0.05) is 17.0 Å². The van der Waals surface area contributed by atoms with E-state index in [9.17, 15) is 18.0 Å². The molecule has 1 aromatic heterocycles. The summed E-state index contributed by atoms with van der Waals surface area (Å²) in [6.07, 6.45) is 4.37. The lowest BCUT2D eigenvalue weighted by Gasteiger charge is -2.25. The third-order valence-corrected chi connectivity index (χ3v) is 7.47. The minimum Gasteiger partial charge on any atom is -0.497 e. The van der Waals surface area contributed by atoms with Gasteiger partial charge >= 0.3 is 0 Å². The number of oxime groups is 1. The zero-order valence-electron chi connectivity index (χ0n) is 19.8. The van der Waals surface area contributed by atoms with Crippen LogP contribution < -0.4 is 9.04 Å². The van der Waals surface area contributed by atoms with Crippen LogP contribution in [0.4, 0.5) is 10.1 Å². The number of fused-ring (bicyclic) bond motifs is 1. The summed E-state index contributed by atoms with van der Waals surface area (Å²) in [6.45, 7) is 0.143. The Bertz CT molecular complexity index is 1540. The van der Waals surface area contributed by atoms with Crippen LogP contribution in [0.15, 0.2) is 70.2 Å². The molecule has 9 heteroatoms. The molecular weight excluding hydrogens is 483 g/mol. The van der Waals surface area contributed by atoms with E-state index in [0.717, 1.165) is 24.0 Å². The average Bonchev–Trinajstić information content (AvgIpc) is 3.65. The molecule has 3 aromatic carbocycles. The zero-order valence-corrected chi connectivity index (χ0v) is 20.6. The maximum atomic E-state index is 13.5. The Morgan fingerprint density at radius 3 is 2.42 bits per heavy atom. The molecule has 0 atom stereocenters. The molecule has 7 nitrogen and oxygen atoms in total. The van der Waals surface area contributed by atoms with Crippen molar-refractivity contribution in [3.05, 3.63) is 83.2 Å². The SMILES string of the molecule is COc1ccc(CN(c2cc3oc(-c4ccc(F)cc4)c(/C=N\O)c3cc2C2CC2)S(C)(=O)=O)cc1. The number of rotatable bonds is 8. The summed E-state index contributed by atoms with van der Waals surface area (Å²) in [6, 6.07) is 16.7. The van der Waals surface area contributed by atoms with E-state index in [4.69, 9.17) is 9.15 Å². The van der Waals surface area contributed by atoms with Gasteiger partial charge in [-0.1, -0.05) is 17.3 Å². The quantitative estimate of drug-likeness (QED) is 0.182. The molecule has 0 unspecified atom stereocenters. The fraction of sp³-hybridized carbons (Fsp3) is 0.222. The monoisotopic (exact) mass is 508 g/mol. The maximum absolute atomic E-state index is 13.5. The first-order chi connectivity index (χ1) is 17.3. The van der Waals surface area contributed by atoms with Crippen LogP contribution >= 0.6 is 0 Å². The van der Waals surface area contributed by atoms with Gasteiger partial charge in [0.1, 0.15) is 22.9 Å². The predicted octanol–water partition coefficient (Wildman–Crippen LogP) is 5.90. The first-order valence-corrected chi connectivity index (χ1v) is 13.3. The van der Waals surface area contributed by atoms with Gasteiger partial charge in [-0.2, -0.15) is 0 Å². The van der Waals surface area contributed by atoms with E-state index in [2.05, 4.69) is 5.16 Å². The van der Waals surface area contributed by atoms with Crippen LogP contribution in [-0.4, -0.2) is 33.2 Å². The Hall–Kier alpha value is -3.85. The van der Waals surface area contributed by atoms with E-state index in [-0.39, 0.29) is 18.3 Å². The Morgan fingerprint density at radius 1 is 1.14 bits per heavy atom. The molecule has 0 amide bonds. The van der Waals surface area contributed by atoms with E-state index >= 15 is 0 Å². The molecule has 1 aliphatic rings. The van der Waals surface area contributed by atoms with Crippen molar-refractivity contribution in [2.75, 3.05) is 17.7 Å². The van der Waals surface area contributed by atoms with Gasteiger partial charge in [0.2, 0.25) is 10.0 Å². The number of halogens is 1. The van der Waals surface area contributed by atoms with Crippen molar-refractivity contribution in [1.82, 2.24) is 0 Å². The summed E-state index contributed by atoms with van der Waals surface area (Å²) in [5.41, 5.74) is 3.83. The minimum absolute atomic E-state index is 0.143. The molecule has 1 heterocycles. The van der Waals surface area contributed by atoms with Crippen LogP contribution in [0.2, 0.25) is 0 Å². The lowest BCUT2D eigenvalue weighted by Crippen LogP contribution is -2.30. The molecule has 5 rings (SSSR count). The normalized spacial score (nSPS) is 14.0. The highest BCUT2D eigenvalue weighted by atomic mass is 32.2. The second-order valence-electron chi connectivity index (χ2n) is 8.90. The summed E-state index contributed by atoms with van der Waals surface area (Å²) in [5.74, 6) is 0.926. The molecule has 36 heavy (non-hydrogen) atoms. The van der Waals surface area contributed by atoms with Gasteiger partial charge in [0.25, 0.3) is 0 Å². The van der Waals surface area contributed by atoms with Crippen LogP contribution in [0.25, 0.3) is 22.3 Å². The second kappa shape index (κ2) is 9.31. The predicted molar refractivity (Wildman–Crippen MR) is 137 cm³/mol. The number of methoxy groups -OCH3 is 1. The highest BCUT2D eigenvalue weighted by Gasteiger charge is 2.32. The van der Waals surface area contributed by atoms with Crippen LogP contribution in [0, 0.1) is 5.82 Å². The van der Waals surface area contributed by atoms with Gasteiger partial charge < -0.3 is 14.4 Å². The first-order valence-electron chi connectivity index (χ1n) is 11.4. The number of nitrogens with zero attached hydrogens (tertiary/aromatic N) is 2. The highest BCUT2D eigenvalue weighted by molar-refractivity contribution is 7.92. The molecule has 1 fully saturated rings. The lowest BCUT2D eigenvalue weighted by molar-refractivity contribution is 0.322. The Kier molecular flexibility index (Phi) is 6.17. The third kappa shape index (κ3) is 4.66. The lowest BCUT2D eigenvalue weighted by atomic mass is 10.0. The largest absolute Gasteiger partial charge is 0.497 e. The standard InChI is InChI=1S/C27H25FN2O5S/c1-34-21-11-3-17(4-12-21)16-30(36(2,32)33)25-14-26-23(13-22(25)18-5-6-18)24(15-29-31)27(35-26)19-7-9-20(28)10-8-19/h3-4,7-15,18,31H,5-6,16H2,1-2H3/b29-15-. The molecule has 186 valence electrons. The van der Waals surface area contributed by atoms with Crippen LogP contribution in [0.5, 0.6) is 5.75 Å². The first kappa shape index (κ1) is 23.9. The Labute approximate surface area is 208 Å². The Balaban J connectivity index is 1.68. The van der Waals surface area contributed by atoms with Gasteiger partial charge in [-0.3, -0.25) is 4.31 Å². The number of furan rings is 1. The van der Waals surface area contributed by atoms with E-state index < -0.39 is 10.0 Å². The number of hydrogen-bond donors (Lipinski definition) is 1. The van der Waals surface area contributed by atoms with Crippen molar-refractivity contribution in [3.8, 4) is 17.1 Å². The van der Waals surface area contributed by atoms with Crippen LogP contribution in [0.3, 0.4) is 0 Å². The molecule has 1 saturated carbocycles. The number of sulfonamides is 1. The number of hydrogen-bond acceptors (Lipinski definition) is 6. The summed E-state index contributed by atoms with van der Waals surface area (Å²) >= 11 is 0. The molecule has 0 spiro atoms. The topological polar surface area (TPSA) is 92.3 Å². The average molecular weight is 509 g/mol. The molecule has 0 saturated heterocycles. The van der Waals surface area contributed by atoms with Gasteiger partial charge in [0.15, 0.2) is 0 Å². The zero-order chi connectivity index (χ0) is 25.4. The van der Waals surface area contributed by atoms with Crippen LogP contribution in [0.1, 0.15) is 35.4 Å². The van der Waals surface area contributed by atoms with Gasteiger partial charge in [-0.15, -0.1) is 0 Å². The molecule has 0 aliphatic heterocycles.